The van der Waals surface area contributed by atoms with Gasteiger partial charge in [-0.15, -0.1) is 0 Å². The number of hydrogen-bond acceptors (Lipinski definition) is 4. The normalized spacial score (nSPS) is 15.2. The number of sulfonamides is 1. The van der Waals surface area contributed by atoms with E-state index in [1.54, 1.807) is 25.1 Å². The Balaban J connectivity index is 1.95. The summed E-state index contributed by atoms with van der Waals surface area (Å²) in [5.74, 6) is -0.973. The molecule has 0 heterocycles. The topological polar surface area (TPSA) is 86.8 Å². The van der Waals surface area contributed by atoms with Gasteiger partial charge in [-0.05, 0) is 50.1 Å². The third-order valence-electron chi connectivity index (χ3n) is 6.37. The second kappa shape index (κ2) is 12.9. The molecule has 1 fully saturated rings. The molecule has 12 heteroatoms. The molecular weight excluding hydrogens is 580 g/mol. The molecule has 2 amide bonds. The minimum Gasteiger partial charge on any atom is -0.352 e. The van der Waals surface area contributed by atoms with Crippen molar-refractivity contribution in [3.8, 4) is 0 Å². The number of benzene rings is 2. The molecule has 1 atom stereocenters. The van der Waals surface area contributed by atoms with Crippen LogP contribution in [0.3, 0.4) is 0 Å². The summed E-state index contributed by atoms with van der Waals surface area (Å²) < 4.78 is 26.3. The van der Waals surface area contributed by atoms with Gasteiger partial charge in [0.15, 0.2) is 0 Å². The Hall–Kier alpha value is -1.71. The predicted molar refractivity (Wildman–Crippen MR) is 150 cm³/mol. The van der Waals surface area contributed by atoms with E-state index in [1.165, 1.54) is 23.1 Å². The van der Waals surface area contributed by atoms with Crippen LogP contribution in [0.2, 0.25) is 20.1 Å². The zero-order valence-corrected chi connectivity index (χ0v) is 24.4. The van der Waals surface area contributed by atoms with Gasteiger partial charge in [0.1, 0.15) is 12.6 Å². The van der Waals surface area contributed by atoms with Gasteiger partial charge in [0.05, 0.1) is 17.0 Å². The van der Waals surface area contributed by atoms with Crippen LogP contribution in [-0.2, 0) is 26.2 Å². The molecule has 0 saturated heterocycles. The number of nitrogens with one attached hydrogen (secondary N) is 1. The van der Waals surface area contributed by atoms with Crippen LogP contribution < -0.4 is 9.62 Å². The quantitative estimate of drug-likeness (QED) is 0.382. The van der Waals surface area contributed by atoms with E-state index in [-0.39, 0.29) is 34.2 Å². The molecule has 2 aromatic rings. The first-order valence-corrected chi connectivity index (χ1v) is 15.2. The average molecular weight is 609 g/mol. The summed E-state index contributed by atoms with van der Waals surface area (Å²) in [5.41, 5.74) is 0.503. The maximum atomic E-state index is 13.7. The summed E-state index contributed by atoms with van der Waals surface area (Å²) >= 11 is 25.1. The molecule has 1 aliphatic rings. The molecule has 0 aromatic heterocycles. The number of halogens is 4. The Morgan fingerprint density at radius 2 is 1.62 bits per heavy atom. The predicted octanol–water partition coefficient (Wildman–Crippen LogP) is 5.93. The first-order valence-electron chi connectivity index (χ1n) is 11.8. The summed E-state index contributed by atoms with van der Waals surface area (Å²) in [6.07, 6.45) is 5.90. The number of carbonyl (C=O) groups is 2. The molecule has 0 bridgehead atoms. The smallest absolute Gasteiger partial charge is 0.244 e. The van der Waals surface area contributed by atoms with E-state index in [0.717, 1.165) is 42.7 Å². The van der Waals surface area contributed by atoms with E-state index >= 15 is 0 Å². The van der Waals surface area contributed by atoms with Crippen molar-refractivity contribution in [1.29, 1.82) is 0 Å². The summed E-state index contributed by atoms with van der Waals surface area (Å²) in [6, 6.07) is 8.36. The van der Waals surface area contributed by atoms with Gasteiger partial charge in [-0.25, -0.2) is 8.42 Å². The lowest BCUT2D eigenvalue weighted by Gasteiger charge is -2.33. The highest BCUT2D eigenvalue weighted by molar-refractivity contribution is 7.92. The summed E-state index contributed by atoms with van der Waals surface area (Å²) in [4.78, 5) is 28.2. The minimum absolute atomic E-state index is 0.0299. The highest BCUT2D eigenvalue weighted by Crippen LogP contribution is 2.31. The molecule has 7 nitrogen and oxygen atoms in total. The van der Waals surface area contributed by atoms with Crippen LogP contribution in [0.4, 0.5) is 5.69 Å². The van der Waals surface area contributed by atoms with Crippen LogP contribution in [0.5, 0.6) is 0 Å². The Bertz CT molecular complexity index is 1230. The van der Waals surface area contributed by atoms with E-state index in [1.807, 2.05) is 0 Å². The van der Waals surface area contributed by atoms with Crippen molar-refractivity contribution >= 4 is 73.9 Å². The first-order chi connectivity index (χ1) is 17.4. The lowest BCUT2D eigenvalue weighted by molar-refractivity contribution is -0.139. The Morgan fingerprint density at radius 3 is 2.22 bits per heavy atom. The van der Waals surface area contributed by atoms with Gasteiger partial charge in [0.25, 0.3) is 0 Å². The molecule has 1 aliphatic carbocycles. The highest BCUT2D eigenvalue weighted by atomic mass is 35.5. The maximum Gasteiger partial charge on any atom is 0.244 e. The third kappa shape index (κ3) is 7.90. The van der Waals surface area contributed by atoms with E-state index < -0.39 is 28.5 Å². The molecule has 0 radical (unpaired) electrons. The largest absolute Gasteiger partial charge is 0.352 e. The fourth-order valence-corrected chi connectivity index (χ4v) is 6.08. The molecule has 37 heavy (non-hydrogen) atoms. The van der Waals surface area contributed by atoms with Crippen LogP contribution in [-0.4, -0.2) is 50.0 Å². The molecule has 2 aromatic carbocycles. The van der Waals surface area contributed by atoms with Gasteiger partial charge in [-0.2, -0.15) is 0 Å². The number of carbonyl (C=O) groups excluding carboxylic acids is 2. The lowest BCUT2D eigenvalue weighted by atomic mass is 9.95. The molecule has 202 valence electrons. The van der Waals surface area contributed by atoms with Crippen LogP contribution in [0.15, 0.2) is 36.4 Å². The molecule has 3 rings (SSSR count). The Labute approximate surface area is 238 Å². The Morgan fingerprint density at radius 1 is 1.00 bits per heavy atom. The Kier molecular flexibility index (Phi) is 10.4. The van der Waals surface area contributed by atoms with Crippen LogP contribution in [0.25, 0.3) is 0 Å². The van der Waals surface area contributed by atoms with Crippen LogP contribution in [0.1, 0.15) is 44.6 Å². The number of nitrogens with zero attached hydrogens (tertiary/aromatic N) is 2. The van der Waals surface area contributed by atoms with Gasteiger partial charge in [-0.1, -0.05) is 71.7 Å². The highest BCUT2D eigenvalue weighted by Gasteiger charge is 2.32. The van der Waals surface area contributed by atoms with Crippen LogP contribution >= 0.6 is 46.4 Å². The van der Waals surface area contributed by atoms with E-state index in [4.69, 9.17) is 46.4 Å². The van der Waals surface area contributed by atoms with Crippen molar-refractivity contribution in [2.24, 2.45) is 0 Å². The van der Waals surface area contributed by atoms with Crippen molar-refractivity contribution in [2.75, 3.05) is 17.1 Å². The van der Waals surface area contributed by atoms with E-state index in [0.29, 0.717) is 15.6 Å². The fourth-order valence-electron chi connectivity index (χ4n) is 4.28. The first kappa shape index (κ1) is 29.8. The second-order valence-corrected chi connectivity index (χ2v) is 12.7. The van der Waals surface area contributed by atoms with Crippen molar-refractivity contribution in [3.63, 3.8) is 0 Å². The summed E-state index contributed by atoms with van der Waals surface area (Å²) in [6.45, 7) is 0.886. The van der Waals surface area contributed by atoms with Crippen molar-refractivity contribution in [1.82, 2.24) is 10.2 Å². The van der Waals surface area contributed by atoms with Gasteiger partial charge in [-0.3, -0.25) is 13.9 Å². The monoisotopic (exact) mass is 607 g/mol. The summed E-state index contributed by atoms with van der Waals surface area (Å²) in [7, 11) is -3.95. The van der Waals surface area contributed by atoms with Crippen molar-refractivity contribution < 1.29 is 18.0 Å². The third-order valence-corrected chi connectivity index (χ3v) is 8.75. The maximum absolute atomic E-state index is 13.7. The molecule has 1 saturated carbocycles. The fraction of sp³-hybridized carbons (Fsp3) is 0.440. The molecule has 0 spiro atoms. The van der Waals surface area contributed by atoms with Gasteiger partial charge < -0.3 is 10.2 Å². The van der Waals surface area contributed by atoms with Crippen LogP contribution in [0, 0.1) is 0 Å². The number of amides is 2. The minimum atomic E-state index is -3.95. The number of hydrogen-bond donors (Lipinski definition) is 1. The number of rotatable bonds is 9. The van der Waals surface area contributed by atoms with Gasteiger partial charge in [0, 0.05) is 33.2 Å². The molecule has 0 aliphatic heterocycles. The zero-order valence-electron chi connectivity index (χ0n) is 20.5. The van der Waals surface area contributed by atoms with Crippen molar-refractivity contribution in [2.45, 2.75) is 57.7 Å². The lowest BCUT2D eigenvalue weighted by Crippen LogP contribution is -2.53. The zero-order chi connectivity index (χ0) is 27.3. The molecule has 1 unspecified atom stereocenters. The van der Waals surface area contributed by atoms with E-state index in [2.05, 4.69) is 5.32 Å². The number of anilines is 1. The standard InChI is InChI=1S/C25H29Cl4N3O4S/c1-16(25(34)30-18-7-4-3-5-8-18)31(14-19-20(27)9-6-10-21(19)28)24(33)15-32(37(2,35)36)23-13-17(26)11-12-22(23)29/h6,9-13,16,18H,3-5,7-8,14-15H2,1-2H3,(H,30,34). The van der Waals surface area contributed by atoms with Gasteiger partial charge >= 0.3 is 0 Å². The van der Waals surface area contributed by atoms with E-state index in [9.17, 15) is 18.0 Å². The molecular formula is C25H29Cl4N3O4S. The molecule has 1 N–H and O–H groups in total. The van der Waals surface area contributed by atoms with Crippen molar-refractivity contribution in [3.05, 3.63) is 62.1 Å². The second-order valence-electron chi connectivity index (χ2n) is 9.11. The summed E-state index contributed by atoms with van der Waals surface area (Å²) in [5, 5.41) is 4.03. The SMILES string of the molecule is CC(C(=O)NC1CCCCC1)N(Cc1c(Cl)cccc1Cl)C(=O)CN(c1cc(Cl)ccc1Cl)S(C)(=O)=O. The van der Waals surface area contributed by atoms with Gasteiger partial charge in [0.2, 0.25) is 21.8 Å². The average Bonchev–Trinajstić information content (AvgIpc) is 2.83.